The van der Waals surface area contributed by atoms with Crippen LogP contribution in [0.25, 0.3) is 0 Å². The summed E-state index contributed by atoms with van der Waals surface area (Å²) >= 11 is 0. The molecule has 5 N–H and O–H groups in total. The van der Waals surface area contributed by atoms with Gasteiger partial charge < -0.3 is 68.2 Å². The number of esters is 9. The second-order valence-corrected chi connectivity index (χ2v) is 17.6. The summed E-state index contributed by atoms with van der Waals surface area (Å²) in [4.78, 5) is 195. The molecule has 0 aromatic rings. The van der Waals surface area contributed by atoms with E-state index < -0.39 is 154 Å². The molecule has 0 heterocycles. The highest BCUT2D eigenvalue weighted by Gasteiger charge is 2.22. The second kappa shape index (κ2) is 51.9. The van der Waals surface area contributed by atoms with Crippen molar-refractivity contribution in [3.8, 4) is 0 Å². The van der Waals surface area contributed by atoms with E-state index in [4.69, 9.17) is 44.1 Å². The normalized spacial score (nSPS) is 11.0. The average Bonchev–Trinajstić information content (AvgIpc) is 3.39. The number of aliphatic hydroxyl groups excluding tert-OH is 5. The van der Waals surface area contributed by atoms with Crippen molar-refractivity contribution in [3.05, 3.63) is 0 Å². The topological polar surface area (TPSA) is 491 Å². The molecule has 0 aliphatic rings. The van der Waals surface area contributed by atoms with Crippen LogP contribution in [0.3, 0.4) is 0 Å². The quantitative estimate of drug-likeness (QED) is 0.0251. The van der Waals surface area contributed by atoms with Gasteiger partial charge in [-0.05, 0) is 68.7 Å². The van der Waals surface area contributed by atoms with E-state index in [2.05, 4.69) is 18.9 Å². The molecule has 3 unspecified atom stereocenters. The van der Waals surface area contributed by atoms with Gasteiger partial charge in [-0.3, -0.25) is 86.3 Å². The van der Waals surface area contributed by atoms with Crippen LogP contribution in [0.1, 0.15) is 133 Å². The summed E-state index contributed by atoms with van der Waals surface area (Å²) in [5, 5.41) is 43.9. The number of Topliss-reactive ketones (excluding diaryl/α,β-unsaturated/α-hetero) is 9. The third kappa shape index (κ3) is 64.9. The molecule has 84 heavy (non-hydrogen) atoms. The number of carbonyl (C=O) groups is 18. The van der Waals surface area contributed by atoms with Crippen molar-refractivity contribution in [1.29, 1.82) is 0 Å². The fourth-order valence-electron chi connectivity index (χ4n) is 4.53. The van der Waals surface area contributed by atoms with Crippen LogP contribution in [-0.4, -0.2) is 221 Å². The Hall–Kier alpha value is -7.94. The van der Waals surface area contributed by atoms with Crippen molar-refractivity contribution in [1.82, 2.24) is 0 Å². The first-order chi connectivity index (χ1) is 38.9. The molecule has 0 rings (SSSR count). The lowest BCUT2D eigenvalue weighted by Gasteiger charge is -2.17. The molecule has 0 saturated heterocycles. The molecular weight excluding hydrogens is 1140 g/mol. The standard InChI is InChI=1S/C15H20O9.2C11H16O7.C8H14O4.C7H12O5/c1-9(16)4-13(19)22-7-12(24-15(21)6-11(3)18)8-23-14(20)5-10(2)17;1-7(12)3-10(15)17-5-9(14)6-18-11(16)4-8(2)13;1-7(13)3-10(15)17-6-9(5-12)18-11(16)4-8(2)14;1-3-7(5-9)12-8(11)4-6(2)10;1-5(9)2-7(11)12-4-6(10)3-8/h12H,4-8H2,1-3H3;9,14H,3-6H2,1-2H3;9,12H,3-6H2,1-2H3;7,9H,3-5H2,1-2H3;6,8,10H,2-4H2,1H3. The highest BCUT2D eigenvalue weighted by molar-refractivity contribution is 5.98. The zero-order valence-corrected chi connectivity index (χ0v) is 48.6. The lowest BCUT2D eigenvalue weighted by Crippen LogP contribution is -2.31. The molecule has 0 aromatic carbocycles. The summed E-state index contributed by atoms with van der Waals surface area (Å²) < 4.78 is 42.0. The Kier molecular flexibility index (Phi) is 52.4. The molecule has 32 nitrogen and oxygen atoms in total. The maximum atomic E-state index is 11.5. The van der Waals surface area contributed by atoms with Crippen LogP contribution in [0.15, 0.2) is 0 Å². The lowest BCUT2D eigenvalue weighted by molar-refractivity contribution is -0.167. The van der Waals surface area contributed by atoms with E-state index in [1.807, 2.05) is 0 Å². The molecule has 478 valence electrons. The van der Waals surface area contributed by atoms with E-state index >= 15 is 0 Å². The largest absolute Gasteiger partial charge is 0.463 e. The SMILES string of the molecule is CC(=O)CC(=O)OCC(CO)OC(=O)CC(C)=O.CC(=O)CC(=O)OCC(COC(=O)CC(C)=O)OC(=O)CC(C)=O.CC(=O)CC(=O)OCC(O)CO.CC(=O)CC(=O)OCC(O)COC(=O)CC(C)=O.CCC(CO)OC(=O)CC(C)=O. The maximum absolute atomic E-state index is 11.5. The van der Waals surface area contributed by atoms with Gasteiger partial charge in [-0.1, -0.05) is 6.92 Å². The first kappa shape index (κ1) is 84.9. The molecule has 3 atom stereocenters. The minimum absolute atomic E-state index is 0.194. The predicted molar refractivity (Wildman–Crippen MR) is 277 cm³/mol. The van der Waals surface area contributed by atoms with E-state index in [-0.39, 0.29) is 99.8 Å². The van der Waals surface area contributed by atoms with Gasteiger partial charge in [0.25, 0.3) is 0 Å². The Morgan fingerprint density at radius 2 is 0.452 bits per heavy atom. The van der Waals surface area contributed by atoms with E-state index in [9.17, 15) is 91.4 Å². The number of ether oxygens (including phenoxy) is 9. The molecule has 0 amide bonds. The summed E-state index contributed by atoms with van der Waals surface area (Å²) in [7, 11) is 0. The van der Waals surface area contributed by atoms with Gasteiger partial charge in [0, 0.05) is 0 Å². The van der Waals surface area contributed by atoms with Gasteiger partial charge in [0.05, 0.1) is 19.8 Å². The minimum Gasteiger partial charge on any atom is -0.463 e. The summed E-state index contributed by atoms with van der Waals surface area (Å²) in [5.74, 6) is -10.0. The van der Waals surface area contributed by atoms with Crippen LogP contribution in [-0.2, 0) is 129 Å². The van der Waals surface area contributed by atoms with Gasteiger partial charge in [0.15, 0.2) is 12.2 Å². The molecule has 0 bridgehead atoms. The van der Waals surface area contributed by atoms with Crippen LogP contribution in [0.2, 0.25) is 0 Å². The number of rotatable bonds is 37. The van der Waals surface area contributed by atoms with Crippen LogP contribution >= 0.6 is 0 Å². The van der Waals surface area contributed by atoms with E-state index in [1.165, 1.54) is 62.3 Å². The van der Waals surface area contributed by atoms with Crippen LogP contribution in [0, 0.1) is 0 Å². The zero-order valence-electron chi connectivity index (χ0n) is 48.6. The number of hydrogen-bond acceptors (Lipinski definition) is 32. The summed E-state index contributed by atoms with van der Waals surface area (Å²) in [5.41, 5.74) is 0. The van der Waals surface area contributed by atoms with Crippen LogP contribution < -0.4 is 0 Å². The number of aliphatic hydroxyl groups is 5. The molecule has 0 fully saturated rings. The monoisotopic (exact) mass is 1210 g/mol. The predicted octanol–water partition coefficient (Wildman–Crippen LogP) is -2.15. The zero-order chi connectivity index (χ0) is 66.1. The number of hydrogen-bond donors (Lipinski definition) is 5. The van der Waals surface area contributed by atoms with Gasteiger partial charge >= 0.3 is 53.7 Å². The molecule has 32 heteroatoms. The van der Waals surface area contributed by atoms with Crippen molar-refractivity contribution in [3.63, 3.8) is 0 Å². The van der Waals surface area contributed by atoms with E-state index in [0.29, 0.717) is 6.42 Å². The summed E-state index contributed by atoms with van der Waals surface area (Å²) in [6.45, 7) is 9.42. The second-order valence-electron chi connectivity index (χ2n) is 17.6. The molecule has 0 saturated carbocycles. The fraction of sp³-hybridized carbons (Fsp3) is 0.654. The van der Waals surface area contributed by atoms with Crippen LogP contribution in [0.5, 0.6) is 0 Å². The number of ketones is 9. The van der Waals surface area contributed by atoms with E-state index in [0.717, 1.165) is 0 Å². The van der Waals surface area contributed by atoms with Gasteiger partial charge in [0.1, 0.15) is 168 Å². The molecule has 0 aliphatic heterocycles. The first-order valence-corrected chi connectivity index (χ1v) is 25.1. The Balaban J connectivity index is -0.000000317. The Bertz CT molecular complexity index is 2130. The summed E-state index contributed by atoms with van der Waals surface area (Å²) in [6, 6.07) is 0. The van der Waals surface area contributed by atoms with Gasteiger partial charge in [-0.25, -0.2) is 0 Å². The number of carbonyl (C=O) groups excluding carboxylic acids is 18. The van der Waals surface area contributed by atoms with Crippen LogP contribution in [0.4, 0.5) is 0 Å². The van der Waals surface area contributed by atoms with Gasteiger partial charge in [0.2, 0.25) is 0 Å². The minimum atomic E-state index is -1.18. The lowest BCUT2D eigenvalue weighted by atomic mass is 10.3. The Labute approximate surface area is 482 Å². The molecule has 0 spiro atoms. The highest BCUT2D eigenvalue weighted by atomic mass is 16.6. The first-order valence-electron chi connectivity index (χ1n) is 25.1. The Morgan fingerprint density at radius 3 is 0.667 bits per heavy atom. The Morgan fingerprint density at radius 1 is 0.262 bits per heavy atom. The van der Waals surface area contributed by atoms with Crippen molar-refractivity contribution in [2.45, 2.75) is 164 Å². The molecule has 0 aromatic heterocycles. The van der Waals surface area contributed by atoms with Crippen molar-refractivity contribution in [2.24, 2.45) is 0 Å². The molecular formula is C52H78O32. The fourth-order valence-corrected chi connectivity index (χ4v) is 4.53. The average molecular weight is 1220 g/mol. The third-order valence-electron chi connectivity index (χ3n) is 8.11. The van der Waals surface area contributed by atoms with Gasteiger partial charge in [-0.15, -0.1) is 0 Å². The van der Waals surface area contributed by atoms with Crippen molar-refractivity contribution < 1.29 is 154 Å². The highest BCUT2D eigenvalue weighted by Crippen LogP contribution is 2.04. The third-order valence-corrected chi connectivity index (χ3v) is 8.11. The molecule has 0 radical (unpaired) electrons. The molecule has 0 aliphatic carbocycles. The smallest absolute Gasteiger partial charge is 0.313 e. The van der Waals surface area contributed by atoms with Crippen molar-refractivity contribution >= 4 is 106 Å². The van der Waals surface area contributed by atoms with Crippen molar-refractivity contribution in [2.75, 3.05) is 59.5 Å². The maximum Gasteiger partial charge on any atom is 0.313 e. The van der Waals surface area contributed by atoms with E-state index in [1.54, 1.807) is 6.92 Å². The summed E-state index contributed by atoms with van der Waals surface area (Å²) in [6.07, 6.45) is -7.75. The van der Waals surface area contributed by atoms with Gasteiger partial charge in [-0.2, -0.15) is 0 Å².